The highest BCUT2D eigenvalue weighted by atomic mass is 35.5. The van der Waals surface area contributed by atoms with Crippen molar-refractivity contribution in [3.63, 3.8) is 0 Å². The molecule has 0 aliphatic carbocycles. The SMILES string of the molecule is CCC(C(=O)NC)N(Cc1ccc(F)cc1)C(=O)CN(c1ccc(Cl)cc1)S(=O)(=O)c1ccc(OC)cc1. The average molecular weight is 562 g/mol. The number of rotatable bonds is 11. The van der Waals surface area contributed by atoms with Crippen LogP contribution >= 0.6 is 11.6 Å². The van der Waals surface area contributed by atoms with E-state index < -0.39 is 40.2 Å². The maximum atomic E-state index is 13.8. The topological polar surface area (TPSA) is 96.0 Å². The molecule has 202 valence electrons. The van der Waals surface area contributed by atoms with Crippen LogP contribution in [0.4, 0.5) is 10.1 Å². The van der Waals surface area contributed by atoms with Gasteiger partial charge in [-0.2, -0.15) is 0 Å². The van der Waals surface area contributed by atoms with Crippen LogP contribution in [0.1, 0.15) is 18.9 Å². The first-order chi connectivity index (χ1) is 18.1. The first-order valence-electron chi connectivity index (χ1n) is 11.8. The highest BCUT2D eigenvalue weighted by molar-refractivity contribution is 7.92. The smallest absolute Gasteiger partial charge is 0.264 e. The van der Waals surface area contributed by atoms with Crippen LogP contribution in [0.3, 0.4) is 0 Å². The summed E-state index contributed by atoms with van der Waals surface area (Å²) in [5, 5.41) is 2.95. The van der Waals surface area contributed by atoms with Gasteiger partial charge in [0.2, 0.25) is 11.8 Å². The number of carbonyl (C=O) groups excluding carboxylic acids is 2. The maximum Gasteiger partial charge on any atom is 0.264 e. The molecule has 0 heterocycles. The highest BCUT2D eigenvalue weighted by Gasteiger charge is 2.33. The summed E-state index contributed by atoms with van der Waals surface area (Å²) in [6, 6.07) is 16.5. The van der Waals surface area contributed by atoms with E-state index in [0.717, 1.165) is 4.31 Å². The van der Waals surface area contributed by atoms with Crippen LogP contribution < -0.4 is 14.4 Å². The van der Waals surface area contributed by atoms with E-state index in [1.165, 1.54) is 91.9 Å². The Balaban J connectivity index is 2.04. The van der Waals surface area contributed by atoms with Crippen molar-refractivity contribution in [1.82, 2.24) is 10.2 Å². The highest BCUT2D eigenvalue weighted by Crippen LogP contribution is 2.27. The number of hydrogen-bond donors (Lipinski definition) is 1. The summed E-state index contributed by atoms with van der Waals surface area (Å²) in [6.45, 7) is 1.13. The van der Waals surface area contributed by atoms with Crippen molar-refractivity contribution in [2.45, 2.75) is 30.8 Å². The Bertz CT molecular complexity index is 1350. The van der Waals surface area contributed by atoms with E-state index in [4.69, 9.17) is 16.3 Å². The molecule has 1 unspecified atom stereocenters. The van der Waals surface area contributed by atoms with Crippen LogP contribution in [0.2, 0.25) is 5.02 Å². The van der Waals surface area contributed by atoms with Crippen molar-refractivity contribution in [3.05, 3.63) is 89.2 Å². The van der Waals surface area contributed by atoms with Crippen molar-refractivity contribution in [3.8, 4) is 5.75 Å². The first-order valence-corrected chi connectivity index (χ1v) is 13.6. The minimum absolute atomic E-state index is 0.0257. The second-order valence-corrected chi connectivity index (χ2v) is 10.6. The summed E-state index contributed by atoms with van der Waals surface area (Å²) in [4.78, 5) is 27.7. The van der Waals surface area contributed by atoms with Gasteiger partial charge in [0, 0.05) is 18.6 Å². The molecule has 0 radical (unpaired) electrons. The van der Waals surface area contributed by atoms with E-state index >= 15 is 0 Å². The molecule has 0 spiro atoms. The first kappa shape index (κ1) is 28.9. The Morgan fingerprint density at radius 1 is 1.00 bits per heavy atom. The number of halogens is 2. The van der Waals surface area contributed by atoms with Gasteiger partial charge in [-0.25, -0.2) is 12.8 Å². The number of nitrogens with zero attached hydrogens (tertiary/aromatic N) is 2. The lowest BCUT2D eigenvalue weighted by molar-refractivity contribution is -0.140. The van der Waals surface area contributed by atoms with Crippen molar-refractivity contribution in [2.24, 2.45) is 0 Å². The van der Waals surface area contributed by atoms with Gasteiger partial charge in [0.25, 0.3) is 10.0 Å². The Labute approximate surface area is 227 Å². The Morgan fingerprint density at radius 2 is 1.61 bits per heavy atom. The second kappa shape index (κ2) is 12.7. The van der Waals surface area contributed by atoms with Gasteiger partial charge in [-0.1, -0.05) is 30.7 Å². The second-order valence-electron chi connectivity index (χ2n) is 8.35. The molecule has 1 N–H and O–H groups in total. The third kappa shape index (κ3) is 6.81. The number of amides is 2. The molecule has 0 saturated carbocycles. The molecule has 8 nitrogen and oxygen atoms in total. The van der Waals surface area contributed by atoms with Gasteiger partial charge in [0.05, 0.1) is 17.7 Å². The van der Waals surface area contributed by atoms with E-state index in [0.29, 0.717) is 16.3 Å². The van der Waals surface area contributed by atoms with Gasteiger partial charge in [-0.15, -0.1) is 0 Å². The van der Waals surface area contributed by atoms with Crippen molar-refractivity contribution < 1.29 is 27.1 Å². The quantitative estimate of drug-likeness (QED) is 0.378. The number of hydrogen-bond acceptors (Lipinski definition) is 5. The van der Waals surface area contributed by atoms with Crippen LogP contribution in [0.15, 0.2) is 77.7 Å². The number of ether oxygens (including phenoxy) is 1. The summed E-state index contributed by atoms with van der Waals surface area (Å²) < 4.78 is 47.1. The number of nitrogens with one attached hydrogen (secondary N) is 1. The van der Waals surface area contributed by atoms with Gasteiger partial charge in [-0.05, 0) is 72.6 Å². The fraction of sp³-hybridized carbons (Fsp3) is 0.259. The Morgan fingerprint density at radius 3 is 2.13 bits per heavy atom. The Hall–Kier alpha value is -3.63. The monoisotopic (exact) mass is 561 g/mol. The number of benzene rings is 3. The van der Waals surface area contributed by atoms with Gasteiger partial charge < -0.3 is 15.0 Å². The number of anilines is 1. The molecule has 3 aromatic rings. The number of likely N-dealkylation sites (N-methyl/N-ethyl adjacent to an activating group) is 1. The molecule has 0 aliphatic rings. The van der Waals surface area contributed by atoms with Crippen molar-refractivity contribution in [1.29, 1.82) is 0 Å². The number of methoxy groups -OCH3 is 1. The zero-order valence-corrected chi connectivity index (χ0v) is 22.8. The molecule has 0 bridgehead atoms. The van der Waals surface area contributed by atoms with Gasteiger partial charge in [-0.3, -0.25) is 13.9 Å². The van der Waals surface area contributed by atoms with Crippen LogP contribution in [-0.2, 0) is 26.2 Å². The lowest BCUT2D eigenvalue weighted by atomic mass is 10.1. The summed E-state index contributed by atoms with van der Waals surface area (Å²) >= 11 is 6.02. The summed E-state index contributed by atoms with van der Waals surface area (Å²) in [6.07, 6.45) is 0.277. The number of sulfonamides is 1. The lowest BCUT2D eigenvalue weighted by Gasteiger charge is -2.33. The molecule has 0 fully saturated rings. The van der Waals surface area contributed by atoms with E-state index in [1.807, 2.05) is 0 Å². The molecule has 38 heavy (non-hydrogen) atoms. The molecule has 0 aromatic heterocycles. The third-order valence-corrected chi connectivity index (χ3v) is 7.98. The number of carbonyl (C=O) groups is 2. The van der Waals surface area contributed by atoms with Crippen molar-refractivity contribution >= 4 is 39.1 Å². The van der Waals surface area contributed by atoms with E-state index in [-0.39, 0.29) is 23.5 Å². The average Bonchev–Trinajstić information content (AvgIpc) is 2.92. The van der Waals surface area contributed by atoms with Crippen LogP contribution in [0.5, 0.6) is 5.75 Å². The molecule has 0 aliphatic heterocycles. The van der Waals surface area contributed by atoms with Gasteiger partial charge >= 0.3 is 0 Å². The molecule has 3 rings (SSSR count). The molecular weight excluding hydrogens is 533 g/mol. The van der Waals surface area contributed by atoms with E-state index in [9.17, 15) is 22.4 Å². The normalized spacial score (nSPS) is 11.9. The standard InChI is InChI=1S/C27H29ClFN3O5S/c1-4-25(27(34)30-2)31(17-19-5-9-21(29)10-6-19)26(33)18-32(22-11-7-20(28)8-12-22)38(35,36)24-15-13-23(37-3)14-16-24/h5-16,25H,4,17-18H2,1-3H3,(H,30,34). The Kier molecular flexibility index (Phi) is 9.71. The molecule has 2 amide bonds. The van der Waals surface area contributed by atoms with Gasteiger partial charge in [0.15, 0.2) is 0 Å². The van der Waals surface area contributed by atoms with E-state index in [2.05, 4.69) is 5.32 Å². The zero-order valence-electron chi connectivity index (χ0n) is 21.2. The predicted octanol–water partition coefficient (Wildman–Crippen LogP) is 4.24. The van der Waals surface area contributed by atoms with Crippen molar-refractivity contribution in [2.75, 3.05) is 25.0 Å². The minimum atomic E-state index is -4.22. The fourth-order valence-electron chi connectivity index (χ4n) is 3.88. The summed E-state index contributed by atoms with van der Waals surface area (Å²) in [5.74, 6) is -0.986. The molecule has 11 heteroatoms. The summed E-state index contributed by atoms with van der Waals surface area (Å²) in [5.41, 5.74) is 0.798. The zero-order chi connectivity index (χ0) is 27.9. The molecule has 3 aromatic carbocycles. The fourth-order valence-corrected chi connectivity index (χ4v) is 5.42. The van der Waals surface area contributed by atoms with Crippen LogP contribution in [0.25, 0.3) is 0 Å². The predicted molar refractivity (Wildman–Crippen MR) is 144 cm³/mol. The minimum Gasteiger partial charge on any atom is -0.497 e. The molecular formula is C27H29ClFN3O5S. The maximum absolute atomic E-state index is 13.8. The molecule has 0 saturated heterocycles. The largest absolute Gasteiger partial charge is 0.497 e. The van der Waals surface area contributed by atoms with E-state index in [1.54, 1.807) is 6.92 Å². The third-order valence-electron chi connectivity index (χ3n) is 5.94. The lowest BCUT2D eigenvalue weighted by Crippen LogP contribution is -2.51. The van der Waals surface area contributed by atoms with Gasteiger partial charge in [0.1, 0.15) is 24.2 Å². The molecule has 1 atom stereocenters. The summed E-state index contributed by atoms with van der Waals surface area (Å²) in [7, 11) is -1.30. The van der Waals surface area contributed by atoms with Crippen LogP contribution in [-0.4, -0.2) is 51.9 Å². The van der Waals surface area contributed by atoms with Crippen LogP contribution in [0, 0.1) is 5.82 Å².